The van der Waals surface area contributed by atoms with Crippen molar-refractivity contribution in [3.05, 3.63) is 40.2 Å². The monoisotopic (exact) mass is 388 g/mol. The first-order valence-electron chi connectivity index (χ1n) is 9.45. The van der Waals surface area contributed by atoms with Gasteiger partial charge in [0.1, 0.15) is 10.8 Å². The summed E-state index contributed by atoms with van der Waals surface area (Å²) in [5, 5.41) is 3.61. The van der Waals surface area contributed by atoms with Crippen LogP contribution in [0.15, 0.2) is 22.8 Å². The summed E-state index contributed by atoms with van der Waals surface area (Å²) in [5.41, 5.74) is 1.61. The number of esters is 1. The van der Waals surface area contributed by atoms with Crippen molar-refractivity contribution in [2.45, 2.75) is 51.1 Å². The molecule has 27 heavy (non-hydrogen) atoms. The maximum Gasteiger partial charge on any atom is 0.341 e. The second-order valence-corrected chi connectivity index (χ2v) is 8.28. The highest BCUT2D eigenvalue weighted by atomic mass is 32.1. The lowest BCUT2D eigenvalue weighted by molar-refractivity contribution is -0.117. The number of ether oxygens (including phenoxy) is 1. The largest absolute Gasteiger partial charge is 0.468 e. The Balaban J connectivity index is 1.48. The normalized spacial score (nSPS) is 16.2. The summed E-state index contributed by atoms with van der Waals surface area (Å²) in [6, 6.07) is 4.22. The summed E-state index contributed by atoms with van der Waals surface area (Å²) in [7, 11) is 1.39. The smallest absolute Gasteiger partial charge is 0.341 e. The lowest BCUT2D eigenvalue weighted by atomic mass is 9.95. The number of hydrogen-bond acceptors (Lipinski definition) is 6. The van der Waals surface area contributed by atoms with Crippen molar-refractivity contribution < 1.29 is 18.7 Å². The molecule has 0 radical (unpaired) electrons. The van der Waals surface area contributed by atoms with E-state index in [1.807, 2.05) is 12.1 Å². The molecule has 144 valence electrons. The Morgan fingerprint density at radius 2 is 2.15 bits per heavy atom. The molecule has 1 fully saturated rings. The summed E-state index contributed by atoms with van der Waals surface area (Å²) >= 11 is 1.52. The van der Waals surface area contributed by atoms with Gasteiger partial charge in [-0.05, 0) is 56.2 Å². The molecule has 1 saturated carbocycles. The molecule has 0 aromatic carbocycles. The first-order chi connectivity index (χ1) is 13.2. The molecule has 0 spiro atoms. The van der Waals surface area contributed by atoms with Gasteiger partial charge in [-0.3, -0.25) is 9.69 Å². The van der Waals surface area contributed by atoms with Gasteiger partial charge < -0.3 is 14.5 Å². The molecule has 7 heteroatoms. The van der Waals surface area contributed by atoms with Gasteiger partial charge in [-0.2, -0.15) is 0 Å². The van der Waals surface area contributed by atoms with Crippen LogP contribution in [-0.2, 0) is 28.9 Å². The average molecular weight is 388 g/mol. The molecule has 1 N–H and O–H groups in total. The zero-order valence-corrected chi connectivity index (χ0v) is 16.3. The molecule has 0 unspecified atom stereocenters. The van der Waals surface area contributed by atoms with Gasteiger partial charge in [0.05, 0.1) is 32.0 Å². The third-order valence-electron chi connectivity index (χ3n) is 5.16. The molecule has 1 amide bonds. The molecule has 2 heterocycles. The molecular formula is C20H24N2O4S. The standard InChI is InChI=1S/C20H24N2O4S/c1-25-20(24)18-15-6-2-3-7-16(15)27-19(18)21-17(23)12-22(13-8-9-13)11-14-5-4-10-26-14/h4-5,10,13H,2-3,6-9,11-12H2,1H3,(H,21,23). The summed E-state index contributed by atoms with van der Waals surface area (Å²) < 4.78 is 10.4. The molecule has 6 nitrogen and oxygen atoms in total. The van der Waals surface area contributed by atoms with E-state index < -0.39 is 0 Å². The summed E-state index contributed by atoms with van der Waals surface area (Å²) in [5.74, 6) is 0.396. The second-order valence-electron chi connectivity index (χ2n) is 7.17. The number of nitrogens with zero attached hydrogens (tertiary/aromatic N) is 1. The minimum Gasteiger partial charge on any atom is -0.468 e. The van der Waals surface area contributed by atoms with E-state index in [9.17, 15) is 9.59 Å². The minimum atomic E-state index is -0.362. The van der Waals surface area contributed by atoms with E-state index in [1.165, 1.54) is 23.3 Å². The van der Waals surface area contributed by atoms with Crippen molar-refractivity contribution in [2.75, 3.05) is 19.0 Å². The lowest BCUT2D eigenvalue weighted by Crippen LogP contribution is -2.34. The number of rotatable bonds is 7. The van der Waals surface area contributed by atoms with Gasteiger partial charge in [0.2, 0.25) is 5.91 Å². The van der Waals surface area contributed by atoms with Crippen molar-refractivity contribution in [3.63, 3.8) is 0 Å². The zero-order chi connectivity index (χ0) is 18.8. The fraction of sp³-hybridized carbons (Fsp3) is 0.500. The van der Waals surface area contributed by atoms with Crippen LogP contribution in [0.2, 0.25) is 0 Å². The van der Waals surface area contributed by atoms with Crippen molar-refractivity contribution in [3.8, 4) is 0 Å². The molecule has 2 aliphatic carbocycles. The van der Waals surface area contributed by atoms with Crippen molar-refractivity contribution in [1.29, 1.82) is 0 Å². The number of anilines is 1. The topological polar surface area (TPSA) is 71.8 Å². The van der Waals surface area contributed by atoms with Crippen LogP contribution in [-0.4, -0.2) is 36.5 Å². The highest BCUT2D eigenvalue weighted by molar-refractivity contribution is 7.17. The number of carbonyl (C=O) groups excluding carboxylic acids is 2. The highest BCUT2D eigenvalue weighted by Gasteiger charge is 2.32. The molecule has 0 saturated heterocycles. The number of carbonyl (C=O) groups is 2. The van der Waals surface area contributed by atoms with Crippen LogP contribution in [0.1, 0.15) is 52.2 Å². The Kier molecular flexibility index (Phi) is 5.31. The predicted molar refractivity (Wildman–Crippen MR) is 103 cm³/mol. The number of nitrogens with one attached hydrogen (secondary N) is 1. The van der Waals surface area contributed by atoms with E-state index in [0.717, 1.165) is 49.8 Å². The fourth-order valence-electron chi connectivity index (χ4n) is 3.68. The minimum absolute atomic E-state index is 0.0998. The van der Waals surface area contributed by atoms with Crippen LogP contribution in [0, 0.1) is 0 Å². The Bertz CT molecular complexity index is 823. The van der Waals surface area contributed by atoms with Crippen molar-refractivity contribution >= 4 is 28.2 Å². The molecular weight excluding hydrogens is 364 g/mol. The van der Waals surface area contributed by atoms with Gasteiger partial charge in [-0.25, -0.2) is 4.79 Å². The summed E-state index contributed by atoms with van der Waals surface area (Å²) in [4.78, 5) is 28.4. The summed E-state index contributed by atoms with van der Waals surface area (Å²) in [6.45, 7) is 0.907. The van der Waals surface area contributed by atoms with Crippen LogP contribution in [0.5, 0.6) is 0 Å². The Morgan fingerprint density at radius 1 is 1.33 bits per heavy atom. The Hall–Kier alpha value is -2.12. The molecule has 2 aliphatic rings. The van der Waals surface area contributed by atoms with Crippen molar-refractivity contribution in [2.24, 2.45) is 0 Å². The lowest BCUT2D eigenvalue weighted by Gasteiger charge is -2.20. The molecule has 0 aliphatic heterocycles. The van der Waals surface area contributed by atoms with Crippen LogP contribution < -0.4 is 5.32 Å². The first kappa shape index (κ1) is 18.3. The van der Waals surface area contributed by atoms with Crippen LogP contribution in [0.25, 0.3) is 0 Å². The molecule has 4 rings (SSSR count). The van der Waals surface area contributed by atoms with E-state index in [2.05, 4.69) is 10.2 Å². The third-order valence-corrected chi connectivity index (χ3v) is 6.37. The van der Waals surface area contributed by atoms with Crippen LogP contribution in [0.3, 0.4) is 0 Å². The number of furan rings is 1. The Labute approximate surface area is 162 Å². The predicted octanol–water partition coefficient (Wildman–Crippen LogP) is 3.61. The maximum atomic E-state index is 12.7. The molecule has 2 aromatic rings. The number of aryl methyl sites for hydroxylation is 1. The quantitative estimate of drug-likeness (QED) is 0.734. The highest BCUT2D eigenvalue weighted by Crippen LogP contribution is 2.38. The van der Waals surface area contributed by atoms with E-state index in [1.54, 1.807) is 6.26 Å². The van der Waals surface area contributed by atoms with Gasteiger partial charge in [-0.1, -0.05) is 0 Å². The zero-order valence-electron chi connectivity index (χ0n) is 15.5. The SMILES string of the molecule is COC(=O)c1c(NC(=O)CN(Cc2ccco2)C2CC2)sc2c1CCCC2. The van der Waals surface area contributed by atoms with E-state index in [-0.39, 0.29) is 18.4 Å². The number of amides is 1. The number of methoxy groups -OCH3 is 1. The van der Waals surface area contributed by atoms with Crippen molar-refractivity contribution in [1.82, 2.24) is 4.90 Å². The van der Waals surface area contributed by atoms with Gasteiger partial charge in [0, 0.05) is 10.9 Å². The van der Waals surface area contributed by atoms with Gasteiger partial charge in [-0.15, -0.1) is 11.3 Å². The first-order valence-corrected chi connectivity index (χ1v) is 10.3. The van der Waals surface area contributed by atoms with Gasteiger partial charge in [0.25, 0.3) is 0 Å². The third kappa shape index (κ3) is 4.09. The van der Waals surface area contributed by atoms with E-state index in [4.69, 9.17) is 9.15 Å². The number of hydrogen-bond donors (Lipinski definition) is 1. The summed E-state index contributed by atoms with van der Waals surface area (Å²) in [6.07, 6.45) is 7.90. The number of fused-ring (bicyclic) bond motifs is 1. The molecule has 2 aromatic heterocycles. The van der Waals surface area contributed by atoms with Gasteiger partial charge in [0.15, 0.2) is 0 Å². The average Bonchev–Trinajstić information content (AvgIpc) is 3.27. The van der Waals surface area contributed by atoms with Gasteiger partial charge >= 0.3 is 5.97 Å². The molecule has 0 bridgehead atoms. The molecule has 0 atom stereocenters. The Morgan fingerprint density at radius 3 is 2.85 bits per heavy atom. The van der Waals surface area contributed by atoms with Crippen LogP contribution in [0.4, 0.5) is 5.00 Å². The van der Waals surface area contributed by atoms with E-state index in [0.29, 0.717) is 23.2 Å². The maximum absolute atomic E-state index is 12.7. The fourth-order valence-corrected chi connectivity index (χ4v) is 4.97. The van der Waals surface area contributed by atoms with Crippen LogP contribution >= 0.6 is 11.3 Å². The number of thiophene rings is 1. The van der Waals surface area contributed by atoms with E-state index >= 15 is 0 Å². The second kappa shape index (κ2) is 7.86.